The van der Waals surface area contributed by atoms with Crippen LogP contribution in [0, 0.1) is 5.92 Å². The zero-order valence-corrected chi connectivity index (χ0v) is 7.82. The van der Waals surface area contributed by atoms with Crippen LogP contribution in [0.2, 0.25) is 0 Å². The van der Waals surface area contributed by atoms with E-state index in [2.05, 4.69) is 30.3 Å². The van der Waals surface area contributed by atoms with Crippen molar-refractivity contribution in [3.8, 4) is 0 Å². The highest BCUT2D eigenvalue weighted by Gasteiger charge is 2.36. The Bertz CT molecular complexity index is 255. The number of hydrogen-bond donors (Lipinski definition) is 1. The van der Waals surface area contributed by atoms with Gasteiger partial charge in [0.2, 0.25) is 0 Å². The van der Waals surface area contributed by atoms with Gasteiger partial charge >= 0.3 is 0 Å². The van der Waals surface area contributed by atoms with Crippen molar-refractivity contribution in [2.24, 2.45) is 5.92 Å². The second-order valence-corrected chi connectivity index (χ2v) is 3.88. The summed E-state index contributed by atoms with van der Waals surface area (Å²) in [5, 5.41) is 8.70. The fourth-order valence-electron chi connectivity index (χ4n) is 2.03. The van der Waals surface area contributed by atoms with Gasteiger partial charge < -0.3 is 5.11 Å². The van der Waals surface area contributed by atoms with Crippen LogP contribution in [0.4, 0.5) is 0 Å². The number of aliphatic hydroxyl groups is 1. The van der Waals surface area contributed by atoms with Crippen molar-refractivity contribution in [2.45, 2.75) is 25.2 Å². The maximum absolute atomic E-state index is 8.70. The molecule has 1 saturated carbocycles. The van der Waals surface area contributed by atoms with Gasteiger partial charge in [-0.25, -0.2) is 0 Å². The highest BCUT2D eigenvalue weighted by Crippen LogP contribution is 2.49. The Kier molecular flexibility index (Phi) is 2.65. The summed E-state index contributed by atoms with van der Waals surface area (Å²) in [6.07, 6.45) is 3.48. The van der Waals surface area contributed by atoms with Crippen LogP contribution >= 0.6 is 0 Å². The van der Waals surface area contributed by atoms with Gasteiger partial charge in [0.25, 0.3) is 0 Å². The van der Waals surface area contributed by atoms with Crippen molar-refractivity contribution < 1.29 is 5.11 Å². The third-order valence-corrected chi connectivity index (χ3v) is 2.88. The lowest BCUT2D eigenvalue weighted by molar-refractivity contribution is 0.281. The van der Waals surface area contributed by atoms with E-state index in [1.54, 1.807) is 0 Å². The lowest BCUT2D eigenvalue weighted by Gasteiger charge is -1.98. The molecule has 1 fully saturated rings. The van der Waals surface area contributed by atoms with Gasteiger partial charge in [-0.2, -0.15) is 0 Å². The van der Waals surface area contributed by atoms with Gasteiger partial charge in [0.05, 0.1) is 0 Å². The summed E-state index contributed by atoms with van der Waals surface area (Å²) < 4.78 is 0. The van der Waals surface area contributed by atoms with Crippen LogP contribution in [0.5, 0.6) is 0 Å². The molecule has 1 aliphatic rings. The van der Waals surface area contributed by atoms with E-state index < -0.39 is 0 Å². The molecular formula is C12H16O. The van der Waals surface area contributed by atoms with Gasteiger partial charge in [-0.05, 0) is 36.7 Å². The van der Waals surface area contributed by atoms with Crippen molar-refractivity contribution in [2.75, 3.05) is 6.61 Å². The van der Waals surface area contributed by atoms with Gasteiger partial charge in [-0.15, -0.1) is 0 Å². The fourth-order valence-corrected chi connectivity index (χ4v) is 2.03. The number of rotatable bonds is 4. The van der Waals surface area contributed by atoms with E-state index in [1.165, 1.54) is 18.4 Å². The first-order chi connectivity index (χ1) is 6.42. The molecule has 2 unspecified atom stereocenters. The number of aliphatic hydroxyl groups excluding tert-OH is 1. The summed E-state index contributed by atoms with van der Waals surface area (Å²) in [6.45, 7) is 0.345. The molecule has 1 aliphatic carbocycles. The van der Waals surface area contributed by atoms with Crippen molar-refractivity contribution >= 4 is 0 Å². The first kappa shape index (κ1) is 8.76. The molecule has 1 heteroatoms. The zero-order chi connectivity index (χ0) is 9.10. The molecule has 0 radical (unpaired) electrons. The monoisotopic (exact) mass is 176 g/mol. The summed E-state index contributed by atoms with van der Waals surface area (Å²) in [5.74, 6) is 1.63. The largest absolute Gasteiger partial charge is 0.396 e. The first-order valence-electron chi connectivity index (χ1n) is 5.07. The molecule has 0 heterocycles. The maximum atomic E-state index is 8.70. The van der Waals surface area contributed by atoms with Crippen LogP contribution in [-0.4, -0.2) is 11.7 Å². The van der Waals surface area contributed by atoms with E-state index in [1.807, 2.05) is 0 Å². The summed E-state index contributed by atoms with van der Waals surface area (Å²) in [6, 6.07) is 10.7. The third-order valence-electron chi connectivity index (χ3n) is 2.88. The molecule has 13 heavy (non-hydrogen) atoms. The zero-order valence-electron chi connectivity index (χ0n) is 7.82. The van der Waals surface area contributed by atoms with Crippen LogP contribution < -0.4 is 0 Å². The van der Waals surface area contributed by atoms with Crippen molar-refractivity contribution in [1.29, 1.82) is 0 Å². The van der Waals surface area contributed by atoms with E-state index in [0.29, 0.717) is 6.61 Å². The van der Waals surface area contributed by atoms with Crippen molar-refractivity contribution in [3.05, 3.63) is 35.9 Å². The summed E-state index contributed by atoms with van der Waals surface area (Å²) in [7, 11) is 0. The molecule has 0 bridgehead atoms. The highest BCUT2D eigenvalue weighted by atomic mass is 16.2. The van der Waals surface area contributed by atoms with E-state index in [4.69, 9.17) is 5.11 Å². The lowest BCUT2D eigenvalue weighted by atomic mass is 10.1. The maximum Gasteiger partial charge on any atom is 0.0431 e. The Morgan fingerprint density at radius 2 is 2.00 bits per heavy atom. The number of hydrogen-bond acceptors (Lipinski definition) is 1. The van der Waals surface area contributed by atoms with Crippen LogP contribution in [0.1, 0.15) is 30.7 Å². The van der Waals surface area contributed by atoms with Gasteiger partial charge in [0.1, 0.15) is 0 Å². The van der Waals surface area contributed by atoms with Gasteiger partial charge in [0, 0.05) is 6.61 Å². The molecule has 0 aromatic heterocycles. The van der Waals surface area contributed by atoms with Gasteiger partial charge in [-0.3, -0.25) is 0 Å². The Balaban J connectivity index is 1.86. The molecule has 0 saturated heterocycles. The fraction of sp³-hybridized carbons (Fsp3) is 0.500. The van der Waals surface area contributed by atoms with Crippen LogP contribution in [-0.2, 0) is 0 Å². The van der Waals surface area contributed by atoms with Crippen LogP contribution in [0.15, 0.2) is 30.3 Å². The molecule has 0 spiro atoms. The predicted octanol–water partition coefficient (Wildman–Crippen LogP) is 2.56. The van der Waals surface area contributed by atoms with E-state index >= 15 is 0 Å². The van der Waals surface area contributed by atoms with Crippen LogP contribution in [0.3, 0.4) is 0 Å². The molecular weight excluding hydrogens is 160 g/mol. The molecule has 1 aromatic carbocycles. The first-order valence-corrected chi connectivity index (χ1v) is 5.07. The average molecular weight is 176 g/mol. The molecule has 0 aliphatic heterocycles. The predicted molar refractivity (Wildman–Crippen MR) is 53.6 cm³/mol. The molecule has 1 nitrogen and oxygen atoms in total. The Labute approximate surface area is 79.4 Å². The third kappa shape index (κ3) is 2.10. The lowest BCUT2D eigenvalue weighted by Crippen LogP contribution is -1.87. The summed E-state index contributed by atoms with van der Waals surface area (Å²) >= 11 is 0. The molecule has 70 valence electrons. The second kappa shape index (κ2) is 3.93. The minimum atomic E-state index is 0.345. The minimum absolute atomic E-state index is 0.345. The van der Waals surface area contributed by atoms with E-state index in [0.717, 1.165) is 18.3 Å². The second-order valence-electron chi connectivity index (χ2n) is 3.88. The Morgan fingerprint density at radius 3 is 2.69 bits per heavy atom. The Hall–Kier alpha value is -0.820. The van der Waals surface area contributed by atoms with Gasteiger partial charge in [-0.1, -0.05) is 30.3 Å². The molecule has 2 atom stereocenters. The molecule has 0 amide bonds. The average Bonchev–Trinajstić information content (AvgIpc) is 2.95. The highest BCUT2D eigenvalue weighted by molar-refractivity contribution is 5.25. The van der Waals surface area contributed by atoms with E-state index in [9.17, 15) is 0 Å². The molecule has 1 N–H and O–H groups in total. The minimum Gasteiger partial charge on any atom is -0.396 e. The SMILES string of the molecule is OCCCC1CC1c1ccccc1. The van der Waals surface area contributed by atoms with Crippen LogP contribution in [0.25, 0.3) is 0 Å². The topological polar surface area (TPSA) is 20.2 Å². The normalized spacial score (nSPS) is 25.9. The molecule has 2 rings (SSSR count). The van der Waals surface area contributed by atoms with E-state index in [-0.39, 0.29) is 0 Å². The summed E-state index contributed by atoms with van der Waals surface area (Å²) in [4.78, 5) is 0. The Morgan fingerprint density at radius 1 is 1.23 bits per heavy atom. The smallest absolute Gasteiger partial charge is 0.0431 e. The van der Waals surface area contributed by atoms with Crippen molar-refractivity contribution in [1.82, 2.24) is 0 Å². The summed E-state index contributed by atoms with van der Waals surface area (Å²) in [5.41, 5.74) is 1.48. The quantitative estimate of drug-likeness (QED) is 0.747. The number of benzene rings is 1. The van der Waals surface area contributed by atoms with Crippen molar-refractivity contribution in [3.63, 3.8) is 0 Å². The van der Waals surface area contributed by atoms with Gasteiger partial charge in [0.15, 0.2) is 0 Å². The standard InChI is InChI=1S/C12H16O/c13-8-4-7-11-9-12(11)10-5-2-1-3-6-10/h1-3,5-6,11-13H,4,7-9H2. The molecule has 1 aromatic rings.